The summed E-state index contributed by atoms with van der Waals surface area (Å²) in [7, 11) is 1.59. The van der Waals surface area contributed by atoms with Gasteiger partial charge in [0.25, 0.3) is 5.91 Å². The minimum atomic E-state index is -0.444. The zero-order valence-electron chi connectivity index (χ0n) is 15.4. The molecule has 2 N–H and O–H groups in total. The molecule has 0 fully saturated rings. The molecule has 0 aliphatic heterocycles. The Morgan fingerprint density at radius 1 is 1.19 bits per heavy atom. The number of halogens is 1. The number of nitrogens with one attached hydrogen (secondary N) is 2. The minimum Gasteiger partial charge on any atom is -0.497 e. The zero-order valence-corrected chi connectivity index (χ0v) is 16.2. The molecule has 0 spiro atoms. The number of nitrogens with zero attached hydrogens (tertiary/aromatic N) is 1. The van der Waals surface area contributed by atoms with Gasteiger partial charge in [0, 0.05) is 12.7 Å². The fraction of sp³-hybridized carbons (Fsp3) is 0.316. The molecule has 1 aromatic heterocycles. The molecule has 0 bridgehead atoms. The van der Waals surface area contributed by atoms with Crippen LogP contribution in [0.2, 0.25) is 5.02 Å². The van der Waals surface area contributed by atoms with Gasteiger partial charge < -0.3 is 20.1 Å². The lowest BCUT2D eigenvalue weighted by atomic mass is 10.2. The third-order valence-electron chi connectivity index (χ3n) is 3.48. The van der Waals surface area contributed by atoms with Gasteiger partial charge in [-0.25, -0.2) is 4.98 Å². The fourth-order valence-corrected chi connectivity index (χ4v) is 2.34. The van der Waals surface area contributed by atoms with Gasteiger partial charge in [0.1, 0.15) is 10.8 Å². The fourth-order valence-electron chi connectivity index (χ4n) is 2.13. The number of ether oxygens (including phenoxy) is 2. The van der Waals surface area contributed by atoms with E-state index < -0.39 is 5.91 Å². The molecule has 0 aliphatic carbocycles. The largest absolute Gasteiger partial charge is 0.497 e. The van der Waals surface area contributed by atoms with E-state index in [2.05, 4.69) is 15.6 Å². The van der Waals surface area contributed by atoms with Crippen LogP contribution in [0.1, 0.15) is 29.8 Å². The molecule has 8 heteroatoms. The summed E-state index contributed by atoms with van der Waals surface area (Å²) in [6.07, 6.45) is 1.28. The third-order valence-corrected chi connectivity index (χ3v) is 3.75. The number of benzene rings is 1. The van der Waals surface area contributed by atoms with Crippen LogP contribution in [0.5, 0.6) is 11.6 Å². The summed E-state index contributed by atoms with van der Waals surface area (Å²) in [5.74, 6) is 0.257. The van der Waals surface area contributed by atoms with Crippen molar-refractivity contribution in [2.24, 2.45) is 0 Å². The van der Waals surface area contributed by atoms with E-state index in [-0.39, 0.29) is 35.0 Å². The van der Waals surface area contributed by atoms with Crippen LogP contribution in [0.4, 0.5) is 0 Å². The molecule has 27 heavy (non-hydrogen) atoms. The van der Waals surface area contributed by atoms with Crippen LogP contribution >= 0.6 is 11.6 Å². The average molecular weight is 392 g/mol. The van der Waals surface area contributed by atoms with Crippen LogP contribution in [0.15, 0.2) is 36.5 Å². The van der Waals surface area contributed by atoms with Crippen molar-refractivity contribution >= 4 is 23.4 Å². The van der Waals surface area contributed by atoms with Gasteiger partial charge in [-0.1, -0.05) is 23.7 Å². The highest BCUT2D eigenvalue weighted by Gasteiger charge is 2.13. The Balaban J connectivity index is 1.81. The lowest BCUT2D eigenvalue weighted by Gasteiger charge is -2.11. The number of amides is 2. The lowest BCUT2D eigenvalue weighted by Crippen LogP contribution is -2.36. The number of carbonyl (C=O) groups is 2. The van der Waals surface area contributed by atoms with Gasteiger partial charge in [-0.05, 0) is 37.6 Å². The average Bonchev–Trinajstić information content (AvgIpc) is 2.66. The first-order valence-corrected chi connectivity index (χ1v) is 8.77. The molecular formula is C19H22ClN3O4. The van der Waals surface area contributed by atoms with E-state index in [1.54, 1.807) is 7.11 Å². The Hall–Kier alpha value is -2.80. The van der Waals surface area contributed by atoms with E-state index in [1.165, 1.54) is 12.3 Å². The number of aromatic nitrogens is 1. The Morgan fingerprint density at radius 2 is 1.89 bits per heavy atom. The van der Waals surface area contributed by atoms with E-state index in [4.69, 9.17) is 21.1 Å². The number of pyridine rings is 1. The van der Waals surface area contributed by atoms with Crippen LogP contribution in [0, 0.1) is 0 Å². The van der Waals surface area contributed by atoms with Crippen LogP contribution in [-0.2, 0) is 11.3 Å². The van der Waals surface area contributed by atoms with Crippen molar-refractivity contribution in [3.63, 3.8) is 0 Å². The first-order valence-electron chi connectivity index (χ1n) is 8.39. The van der Waals surface area contributed by atoms with Crippen molar-refractivity contribution in [3.8, 4) is 11.6 Å². The summed E-state index contributed by atoms with van der Waals surface area (Å²) in [6, 6.07) is 8.79. The van der Waals surface area contributed by atoms with Gasteiger partial charge in [-0.15, -0.1) is 0 Å². The normalized spacial score (nSPS) is 10.4. The van der Waals surface area contributed by atoms with Gasteiger partial charge in [-0.2, -0.15) is 0 Å². The molecule has 0 saturated carbocycles. The smallest absolute Gasteiger partial charge is 0.253 e. The van der Waals surface area contributed by atoms with Crippen LogP contribution < -0.4 is 20.1 Å². The van der Waals surface area contributed by atoms with Gasteiger partial charge in [-0.3, -0.25) is 9.59 Å². The number of hydrogen-bond acceptors (Lipinski definition) is 5. The number of hydrogen-bond donors (Lipinski definition) is 2. The third kappa shape index (κ3) is 6.45. The highest BCUT2D eigenvalue weighted by atomic mass is 35.5. The summed E-state index contributed by atoms with van der Waals surface area (Å²) in [6.45, 7) is 3.90. The quantitative estimate of drug-likeness (QED) is 0.721. The highest BCUT2D eigenvalue weighted by Crippen LogP contribution is 2.23. The van der Waals surface area contributed by atoms with Crippen molar-refractivity contribution < 1.29 is 19.1 Å². The Kier molecular flexibility index (Phi) is 7.43. The van der Waals surface area contributed by atoms with Crippen molar-refractivity contribution in [2.45, 2.75) is 26.5 Å². The summed E-state index contributed by atoms with van der Waals surface area (Å²) in [5.41, 5.74) is 1.17. The van der Waals surface area contributed by atoms with E-state index >= 15 is 0 Å². The maximum Gasteiger partial charge on any atom is 0.253 e. The van der Waals surface area contributed by atoms with Gasteiger partial charge in [0.15, 0.2) is 0 Å². The molecule has 0 atom stereocenters. The van der Waals surface area contributed by atoms with Crippen molar-refractivity contribution in [2.75, 3.05) is 13.7 Å². The van der Waals surface area contributed by atoms with E-state index in [0.717, 1.165) is 11.3 Å². The number of carbonyl (C=O) groups excluding carboxylic acids is 2. The van der Waals surface area contributed by atoms with Crippen molar-refractivity contribution in [1.29, 1.82) is 0 Å². The number of methoxy groups -OCH3 is 1. The molecule has 2 rings (SSSR count). The molecule has 7 nitrogen and oxygen atoms in total. The van der Waals surface area contributed by atoms with Gasteiger partial charge in [0.05, 0.1) is 25.3 Å². The molecule has 0 saturated heterocycles. The van der Waals surface area contributed by atoms with Crippen LogP contribution in [-0.4, -0.2) is 36.6 Å². The SMILES string of the molecule is COc1ccc(CNC(=O)CNC(=O)c2cnc(OC(C)C)c(Cl)c2)cc1. The van der Waals surface area contributed by atoms with E-state index in [1.807, 2.05) is 38.1 Å². The summed E-state index contributed by atoms with van der Waals surface area (Å²) in [5, 5.41) is 5.50. The second-order valence-corrected chi connectivity index (χ2v) is 6.39. The molecule has 0 unspecified atom stereocenters. The van der Waals surface area contributed by atoms with E-state index in [0.29, 0.717) is 6.54 Å². The lowest BCUT2D eigenvalue weighted by molar-refractivity contribution is -0.120. The molecule has 1 heterocycles. The van der Waals surface area contributed by atoms with E-state index in [9.17, 15) is 9.59 Å². The van der Waals surface area contributed by atoms with Crippen LogP contribution in [0.25, 0.3) is 0 Å². The predicted molar refractivity (Wildman–Crippen MR) is 102 cm³/mol. The zero-order chi connectivity index (χ0) is 19.8. The molecule has 1 aromatic carbocycles. The maximum atomic E-state index is 12.1. The standard InChI is InChI=1S/C19H22ClN3O4/c1-12(2)27-19-16(20)8-14(10-23-19)18(25)22-11-17(24)21-9-13-4-6-15(26-3)7-5-13/h4-8,10,12H,9,11H2,1-3H3,(H,21,24)(H,22,25). The summed E-state index contributed by atoms with van der Waals surface area (Å²) >= 11 is 6.06. The monoisotopic (exact) mass is 391 g/mol. The second kappa shape index (κ2) is 9.78. The molecule has 0 aliphatic rings. The minimum absolute atomic E-state index is 0.0796. The molecular weight excluding hydrogens is 370 g/mol. The molecule has 2 aromatic rings. The van der Waals surface area contributed by atoms with Crippen molar-refractivity contribution in [1.82, 2.24) is 15.6 Å². The second-order valence-electron chi connectivity index (χ2n) is 5.99. The predicted octanol–water partition coefficient (Wildman–Crippen LogP) is 2.58. The highest BCUT2D eigenvalue weighted by molar-refractivity contribution is 6.32. The first-order chi connectivity index (χ1) is 12.9. The first kappa shape index (κ1) is 20.5. The summed E-state index contributed by atoms with van der Waals surface area (Å²) in [4.78, 5) is 28.1. The summed E-state index contributed by atoms with van der Waals surface area (Å²) < 4.78 is 10.5. The van der Waals surface area contributed by atoms with Crippen LogP contribution in [0.3, 0.4) is 0 Å². The molecule has 0 radical (unpaired) electrons. The van der Waals surface area contributed by atoms with Crippen molar-refractivity contribution in [3.05, 3.63) is 52.7 Å². The Bertz CT molecular complexity index is 794. The van der Waals surface area contributed by atoms with Gasteiger partial charge >= 0.3 is 0 Å². The maximum absolute atomic E-state index is 12.1. The Morgan fingerprint density at radius 3 is 2.48 bits per heavy atom. The van der Waals surface area contributed by atoms with Gasteiger partial charge in [0.2, 0.25) is 11.8 Å². The molecule has 144 valence electrons. The molecule has 2 amide bonds. The topological polar surface area (TPSA) is 89.6 Å². The number of rotatable bonds is 8. The Labute approximate surface area is 163 Å².